The zero-order valence-corrected chi connectivity index (χ0v) is 13.3. The van der Waals surface area contributed by atoms with Gasteiger partial charge in [0.1, 0.15) is 29.8 Å². The molecule has 0 aliphatic carbocycles. The van der Waals surface area contributed by atoms with E-state index in [4.69, 9.17) is 11.6 Å². The number of benzene rings is 1. The van der Waals surface area contributed by atoms with Crippen molar-refractivity contribution in [1.29, 1.82) is 0 Å². The first-order valence-electron chi connectivity index (χ1n) is 7.08. The lowest BCUT2D eigenvalue weighted by Gasteiger charge is -2.39. The second kappa shape index (κ2) is 5.77. The SMILES string of the molecule is CC(C)N1CN(c2c(F)cccc2Cl)C(=O)c2cc(F)cnc21. The topological polar surface area (TPSA) is 36.4 Å². The molecule has 7 heteroatoms. The van der Waals surface area contributed by atoms with E-state index in [0.717, 1.165) is 12.3 Å². The van der Waals surface area contributed by atoms with Gasteiger partial charge in [0.05, 0.1) is 16.8 Å². The van der Waals surface area contributed by atoms with Crippen LogP contribution >= 0.6 is 11.6 Å². The monoisotopic (exact) mass is 337 g/mol. The lowest BCUT2D eigenvalue weighted by Crippen LogP contribution is -2.50. The molecule has 2 aromatic rings. The summed E-state index contributed by atoms with van der Waals surface area (Å²) in [5.74, 6) is -1.38. The van der Waals surface area contributed by atoms with E-state index < -0.39 is 17.5 Å². The maximum absolute atomic E-state index is 14.2. The predicted octanol–water partition coefficient (Wildman–Crippen LogP) is 3.85. The molecule has 4 nitrogen and oxygen atoms in total. The number of para-hydroxylation sites is 1. The Balaban J connectivity index is 2.16. The van der Waals surface area contributed by atoms with Crippen LogP contribution < -0.4 is 9.80 Å². The number of halogens is 3. The summed E-state index contributed by atoms with van der Waals surface area (Å²) in [4.78, 5) is 19.7. The van der Waals surface area contributed by atoms with Gasteiger partial charge in [0.25, 0.3) is 5.91 Å². The minimum absolute atomic E-state index is 0.0141. The molecule has 0 N–H and O–H groups in total. The number of anilines is 2. The van der Waals surface area contributed by atoms with Crippen molar-refractivity contribution in [2.24, 2.45) is 0 Å². The largest absolute Gasteiger partial charge is 0.335 e. The lowest BCUT2D eigenvalue weighted by atomic mass is 10.1. The summed E-state index contributed by atoms with van der Waals surface area (Å²) in [6, 6.07) is 5.29. The fraction of sp³-hybridized carbons (Fsp3) is 0.250. The molecular weight excluding hydrogens is 324 g/mol. The minimum atomic E-state index is -0.623. The Bertz CT molecular complexity index is 762. The molecule has 1 amide bonds. The number of nitrogens with zero attached hydrogens (tertiary/aromatic N) is 3. The molecular formula is C16H14ClF2N3O. The van der Waals surface area contributed by atoms with Gasteiger partial charge >= 0.3 is 0 Å². The molecule has 1 aliphatic heterocycles. The molecule has 2 heterocycles. The minimum Gasteiger partial charge on any atom is -0.335 e. The molecule has 0 atom stereocenters. The number of carbonyl (C=O) groups is 1. The van der Waals surface area contributed by atoms with Crippen LogP contribution in [0.1, 0.15) is 24.2 Å². The van der Waals surface area contributed by atoms with Crippen LogP contribution in [0.15, 0.2) is 30.5 Å². The van der Waals surface area contributed by atoms with Gasteiger partial charge in [-0.25, -0.2) is 13.8 Å². The molecule has 0 bridgehead atoms. The number of aromatic nitrogens is 1. The molecule has 0 saturated carbocycles. The molecule has 23 heavy (non-hydrogen) atoms. The van der Waals surface area contributed by atoms with E-state index in [2.05, 4.69) is 4.98 Å². The molecule has 0 spiro atoms. The van der Waals surface area contributed by atoms with Crippen molar-refractivity contribution in [2.75, 3.05) is 16.5 Å². The Labute approximate surface area is 137 Å². The standard InChI is InChI=1S/C16H14ClF2N3O/c1-9(2)21-8-22(14-12(17)4-3-5-13(14)19)16(23)11-6-10(18)7-20-15(11)21/h3-7,9H,8H2,1-2H3. The molecule has 1 aliphatic rings. The van der Waals surface area contributed by atoms with Crippen molar-refractivity contribution >= 4 is 29.0 Å². The molecule has 0 saturated heterocycles. The normalized spacial score (nSPS) is 14.4. The van der Waals surface area contributed by atoms with Crippen LogP contribution in [0.4, 0.5) is 20.3 Å². The van der Waals surface area contributed by atoms with E-state index in [1.54, 1.807) is 4.90 Å². The summed E-state index contributed by atoms with van der Waals surface area (Å²) in [6.45, 7) is 3.90. The number of rotatable bonds is 2. The van der Waals surface area contributed by atoms with Crippen molar-refractivity contribution in [3.05, 3.63) is 52.7 Å². The highest BCUT2D eigenvalue weighted by atomic mass is 35.5. The lowest BCUT2D eigenvalue weighted by molar-refractivity contribution is 0.0979. The fourth-order valence-corrected chi connectivity index (χ4v) is 2.84. The average molecular weight is 338 g/mol. The number of pyridine rings is 1. The quantitative estimate of drug-likeness (QED) is 0.835. The summed E-state index contributed by atoms with van der Waals surface area (Å²) >= 11 is 6.07. The Kier molecular flexibility index (Phi) is 3.93. The van der Waals surface area contributed by atoms with Gasteiger partial charge in [0.2, 0.25) is 0 Å². The van der Waals surface area contributed by atoms with Crippen molar-refractivity contribution in [3.8, 4) is 0 Å². The van der Waals surface area contributed by atoms with E-state index >= 15 is 0 Å². The Morgan fingerprint density at radius 1 is 1.30 bits per heavy atom. The fourth-order valence-electron chi connectivity index (χ4n) is 2.57. The van der Waals surface area contributed by atoms with E-state index in [0.29, 0.717) is 5.82 Å². The zero-order chi connectivity index (χ0) is 16.7. The molecule has 0 radical (unpaired) electrons. The van der Waals surface area contributed by atoms with E-state index in [9.17, 15) is 13.6 Å². The Morgan fingerprint density at radius 2 is 2.04 bits per heavy atom. The van der Waals surface area contributed by atoms with E-state index in [1.807, 2.05) is 13.8 Å². The molecule has 120 valence electrons. The zero-order valence-electron chi connectivity index (χ0n) is 12.6. The molecule has 0 unspecified atom stereocenters. The molecule has 0 fully saturated rings. The van der Waals surface area contributed by atoms with Gasteiger partial charge < -0.3 is 4.90 Å². The smallest absolute Gasteiger partial charge is 0.263 e. The van der Waals surface area contributed by atoms with Crippen LogP contribution in [0.25, 0.3) is 0 Å². The van der Waals surface area contributed by atoms with Crippen LogP contribution in [0.5, 0.6) is 0 Å². The number of hydrogen-bond donors (Lipinski definition) is 0. The van der Waals surface area contributed by atoms with Crippen LogP contribution in [0.3, 0.4) is 0 Å². The molecule has 1 aromatic carbocycles. The first kappa shape index (κ1) is 15.7. The van der Waals surface area contributed by atoms with Crippen molar-refractivity contribution in [2.45, 2.75) is 19.9 Å². The maximum Gasteiger partial charge on any atom is 0.263 e. The number of fused-ring (bicyclic) bond motifs is 1. The summed E-state index contributed by atoms with van der Waals surface area (Å²) < 4.78 is 27.7. The summed E-state index contributed by atoms with van der Waals surface area (Å²) in [6.07, 6.45) is 1.06. The van der Waals surface area contributed by atoms with Gasteiger partial charge in [-0.15, -0.1) is 0 Å². The third-order valence-corrected chi connectivity index (χ3v) is 4.01. The molecule has 3 rings (SSSR count). The maximum atomic E-state index is 14.2. The van der Waals surface area contributed by atoms with Gasteiger partial charge in [-0.3, -0.25) is 9.69 Å². The Morgan fingerprint density at radius 3 is 2.70 bits per heavy atom. The van der Waals surface area contributed by atoms with Crippen LogP contribution in [0.2, 0.25) is 5.02 Å². The van der Waals surface area contributed by atoms with Gasteiger partial charge in [-0.05, 0) is 32.0 Å². The van der Waals surface area contributed by atoms with Crippen molar-refractivity contribution in [1.82, 2.24) is 4.98 Å². The van der Waals surface area contributed by atoms with E-state index in [-0.39, 0.29) is 29.0 Å². The van der Waals surface area contributed by atoms with Crippen LogP contribution in [-0.2, 0) is 0 Å². The van der Waals surface area contributed by atoms with Gasteiger partial charge in [-0.2, -0.15) is 0 Å². The second-order valence-corrected chi connectivity index (χ2v) is 5.94. The van der Waals surface area contributed by atoms with Gasteiger partial charge in [-0.1, -0.05) is 17.7 Å². The average Bonchev–Trinajstić information content (AvgIpc) is 2.49. The molecule has 1 aromatic heterocycles. The Hall–Kier alpha value is -2.21. The first-order valence-corrected chi connectivity index (χ1v) is 7.46. The highest BCUT2D eigenvalue weighted by Crippen LogP contribution is 2.35. The van der Waals surface area contributed by atoms with Crippen LogP contribution in [0, 0.1) is 11.6 Å². The second-order valence-electron chi connectivity index (χ2n) is 5.53. The highest BCUT2D eigenvalue weighted by molar-refractivity contribution is 6.34. The summed E-state index contributed by atoms with van der Waals surface area (Å²) in [5.41, 5.74) is 0.0731. The van der Waals surface area contributed by atoms with Gasteiger partial charge in [0, 0.05) is 6.04 Å². The van der Waals surface area contributed by atoms with Crippen molar-refractivity contribution in [3.63, 3.8) is 0 Å². The van der Waals surface area contributed by atoms with Gasteiger partial charge in [0.15, 0.2) is 0 Å². The van der Waals surface area contributed by atoms with E-state index in [1.165, 1.54) is 23.1 Å². The number of hydrogen-bond acceptors (Lipinski definition) is 3. The van der Waals surface area contributed by atoms with Crippen LogP contribution in [-0.4, -0.2) is 23.6 Å². The summed E-state index contributed by atoms with van der Waals surface area (Å²) in [7, 11) is 0. The van der Waals surface area contributed by atoms with Crippen molar-refractivity contribution < 1.29 is 13.6 Å². The number of amides is 1. The summed E-state index contributed by atoms with van der Waals surface area (Å²) in [5, 5.41) is 0.120. The third-order valence-electron chi connectivity index (χ3n) is 3.71. The first-order chi connectivity index (χ1) is 10.9. The predicted molar refractivity (Wildman–Crippen MR) is 84.9 cm³/mol. The highest BCUT2D eigenvalue weighted by Gasteiger charge is 2.35. The number of carbonyl (C=O) groups excluding carboxylic acids is 1. The third kappa shape index (κ3) is 2.63.